The number of allylic oxidation sites excluding steroid dienone is 1. The molecule has 5 unspecified atom stereocenters. The molecule has 0 aromatic rings. The minimum Gasteiger partial charge on any atom is -0.387 e. The summed E-state index contributed by atoms with van der Waals surface area (Å²) in [6, 6.07) is -0.706. The quantitative estimate of drug-likeness (QED) is 0.357. The molecular weight excluding hydrogens is 328 g/mol. The molecule has 0 aromatic carbocycles. The van der Waals surface area contributed by atoms with E-state index in [1.54, 1.807) is 6.08 Å². The Morgan fingerprint density at radius 2 is 1.92 bits per heavy atom. The van der Waals surface area contributed by atoms with Crippen LogP contribution in [0, 0.1) is 5.92 Å². The van der Waals surface area contributed by atoms with Crippen LogP contribution in [0.5, 0.6) is 0 Å². The number of nitrogens with one attached hydrogen (secondary N) is 2. The number of hydrogen-bond donors (Lipinski definition) is 5. The van der Waals surface area contributed by atoms with Crippen molar-refractivity contribution in [1.82, 2.24) is 10.6 Å². The second-order valence-corrected chi connectivity index (χ2v) is 6.60. The third-order valence-corrected chi connectivity index (χ3v) is 4.07. The number of aliphatic hydroxyl groups is 3. The maximum atomic E-state index is 12.3. The smallest absolute Gasteiger partial charge is 0.252 e. The van der Waals surface area contributed by atoms with Crippen molar-refractivity contribution in [3.63, 3.8) is 0 Å². The molecule has 5 atom stereocenters. The van der Waals surface area contributed by atoms with Crippen LogP contribution in [-0.2, 0) is 14.3 Å². The summed E-state index contributed by atoms with van der Waals surface area (Å²) in [4.78, 5) is 24.2. The molecule has 144 valence electrons. The highest BCUT2D eigenvalue weighted by atomic mass is 16.5. The number of rotatable bonds is 8. The summed E-state index contributed by atoms with van der Waals surface area (Å²) >= 11 is 0. The van der Waals surface area contributed by atoms with E-state index in [4.69, 9.17) is 4.74 Å². The Morgan fingerprint density at radius 1 is 1.24 bits per heavy atom. The maximum absolute atomic E-state index is 12.3. The first-order valence-electron chi connectivity index (χ1n) is 8.61. The molecule has 0 saturated carbocycles. The van der Waals surface area contributed by atoms with Crippen molar-refractivity contribution < 1.29 is 29.6 Å². The van der Waals surface area contributed by atoms with Gasteiger partial charge in [0.05, 0.1) is 0 Å². The van der Waals surface area contributed by atoms with E-state index in [1.807, 2.05) is 13.8 Å². The Kier molecular flexibility index (Phi) is 9.05. The standard InChI is InChI=1S/C17H30N2O6/c1-10(2)7-8-12(20)13(21)14(22)15(25-3)17(24)19-11-6-4-5-9-18-16(11)23/h7-8,10-15,20-22H,4-6,9H2,1-3H3,(H,18,23)(H,19,24). The number of carbonyl (C=O) groups is 2. The van der Waals surface area contributed by atoms with Crippen LogP contribution in [-0.4, -0.2) is 71.2 Å². The van der Waals surface area contributed by atoms with E-state index in [0.29, 0.717) is 13.0 Å². The Hall–Kier alpha value is -1.48. The Balaban J connectivity index is 2.71. The molecule has 1 aliphatic rings. The second-order valence-electron chi connectivity index (χ2n) is 6.60. The highest BCUT2D eigenvalue weighted by molar-refractivity contribution is 5.89. The van der Waals surface area contributed by atoms with Crippen molar-refractivity contribution in [2.45, 2.75) is 63.6 Å². The average molecular weight is 358 g/mol. The van der Waals surface area contributed by atoms with E-state index in [0.717, 1.165) is 12.8 Å². The Labute approximate surface area is 148 Å². The molecule has 5 N–H and O–H groups in total. The molecule has 1 fully saturated rings. The van der Waals surface area contributed by atoms with E-state index < -0.39 is 36.4 Å². The predicted octanol–water partition coefficient (Wildman–Crippen LogP) is -0.919. The van der Waals surface area contributed by atoms with Crippen LogP contribution in [0.2, 0.25) is 0 Å². The molecule has 0 spiro atoms. The lowest BCUT2D eigenvalue weighted by molar-refractivity contribution is -0.150. The van der Waals surface area contributed by atoms with Gasteiger partial charge in [-0.1, -0.05) is 26.0 Å². The van der Waals surface area contributed by atoms with Crippen molar-refractivity contribution in [3.05, 3.63) is 12.2 Å². The summed E-state index contributed by atoms with van der Waals surface area (Å²) in [5.74, 6) is -0.832. The molecular formula is C17H30N2O6. The van der Waals surface area contributed by atoms with Gasteiger partial charge >= 0.3 is 0 Å². The van der Waals surface area contributed by atoms with Gasteiger partial charge < -0.3 is 30.7 Å². The summed E-state index contributed by atoms with van der Waals surface area (Å²) in [7, 11) is 1.21. The molecule has 1 aliphatic heterocycles. The number of hydrogen-bond acceptors (Lipinski definition) is 6. The SMILES string of the molecule is COC(C(=O)NC1CCCCNC1=O)C(O)C(O)C(O)C=CC(C)C. The number of amides is 2. The van der Waals surface area contributed by atoms with Gasteiger partial charge in [-0.15, -0.1) is 0 Å². The minimum atomic E-state index is -1.65. The molecule has 25 heavy (non-hydrogen) atoms. The molecule has 0 aliphatic carbocycles. The first kappa shape index (κ1) is 21.6. The summed E-state index contributed by atoms with van der Waals surface area (Å²) in [5, 5.41) is 35.4. The van der Waals surface area contributed by atoms with Gasteiger partial charge in [-0.2, -0.15) is 0 Å². The van der Waals surface area contributed by atoms with E-state index in [-0.39, 0.29) is 11.8 Å². The van der Waals surface area contributed by atoms with Gasteiger partial charge in [-0.05, 0) is 25.2 Å². The molecule has 8 heteroatoms. The highest BCUT2D eigenvalue weighted by Gasteiger charge is 2.36. The van der Waals surface area contributed by atoms with Crippen LogP contribution in [0.4, 0.5) is 0 Å². The van der Waals surface area contributed by atoms with Crippen LogP contribution in [0.3, 0.4) is 0 Å². The van der Waals surface area contributed by atoms with Crippen LogP contribution < -0.4 is 10.6 Å². The summed E-state index contributed by atoms with van der Waals surface area (Å²) in [5.41, 5.74) is 0. The molecule has 1 rings (SSSR count). The van der Waals surface area contributed by atoms with Gasteiger partial charge in [-0.25, -0.2) is 0 Å². The van der Waals surface area contributed by atoms with Gasteiger partial charge in [0.25, 0.3) is 5.91 Å². The zero-order chi connectivity index (χ0) is 19.0. The second kappa shape index (κ2) is 10.5. The summed E-state index contributed by atoms with van der Waals surface area (Å²) < 4.78 is 4.99. The van der Waals surface area contributed by atoms with Gasteiger partial charge in [0, 0.05) is 13.7 Å². The fourth-order valence-corrected chi connectivity index (χ4v) is 2.56. The Bertz CT molecular complexity index is 468. The lowest BCUT2D eigenvalue weighted by Gasteiger charge is -2.28. The van der Waals surface area contributed by atoms with Crippen LogP contribution >= 0.6 is 0 Å². The van der Waals surface area contributed by atoms with Gasteiger partial charge in [0.15, 0.2) is 6.10 Å². The Morgan fingerprint density at radius 3 is 2.52 bits per heavy atom. The summed E-state index contributed by atoms with van der Waals surface area (Å²) in [6.07, 6.45) is -0.851. The zero-order valence-electron chi connectivity index (χ0n) is 15.0. The molecule has 8 nitrogen and oxygen atoms in total. The molecule has 2 amide bonds. The van der Waals surface area contributed by atoms with Gasteiger partial charge in [0.1, 0.15) is 24.4 Å². The van der Waals surface area contributed by atoms with Gasteiger partial charge in [-0.3, -0.25) is 9.59 Å². The summed E-state index contributed by atoms with van der Waals surface area (Å²) in [6.45, 7) is 4.36. The third-order valence-electron chi connectivity index (χ3n) is 4.07. The topological polar surface area (TPSA) is 128 Å². The van der Waals surface area contributed by atoms with Gasteiger partial charge in [0.2, 0.25) is 5.91 Å². The molecule has 0 aromatic heterocycles. The minimum absolute atomic E-state index is 0.161. The first-order chi connectivity index (χ1) is 11.8. The number of aliphatic hydroxyl groups excluding tert-OH is 3. The molecule has 0 bridgehead atoms. The van der Waals surface area contributed by atoms with Crippen LogP contribution in [0.15, 0.2) is 12.2 Å². The van der Waals surface area contributed by atoms with Crippen molar-refractivity contribution in [1.29, 1.82) is 0 Å². The fraction of sp³-hybridized carbons (Fsp3) is 0.765. The van der Waals surface area contributed by atoms with Crippen molar-refractivity contribution in [2.24, 2.45) is 5.92 Å². The maximum Gasteiger partial charge on any atom is 0.252 e. The zero-order valence-corrected chi connectivity index (χ0v) is 15.0. The van der Waals surface area contributed by atoms with E-state index in [2.05, 4.69) is 10.6 Å². The lowest BCUT2D eigenvalue weighted by atomic mass is 10.0. The average Bonchev–Trinajstić information content (AvgIpc) is 2.77. The number of methoxy groups -OCH3 is 1. The number of carbonyl (C=O) groups excluding carboxylic acids is 2. The van der Waals surface area contributed by atoms with E-state index in [1.165, 1.54) is 13.2 Å². The normalized spacial score (nSPS) is 23.6. The third kappa shape index (κ3) is 6.74. The molecule has 1 heterocycles. The van der Waals surface area contributed by atoms with Crippen LogP contribution in [0.25, 0.3) is 0 Å². The monoisotopic (exact) mass is 358 g/mol. The number of ether oxygens (including phenoxy) is 1. The largest absolute Gasteiger partial charge is 0.387 e. The first-order valence-corrected chi connectivity index (χ1v) is 8.61. The molecule has 1 saturated heterocycles. The highest BCUT2D eigenvalue weighted by Crippen LogP contribution is 2.12. The lowest BCUT2D eigenvalue weighted by Crippen LogP contribution is -2.55. The fourth-order valence-electron chi connectivity index (χ4n) is 2.56. The van der Waals surface area contributed by atoms with Crippen molar-refractivity contribution in [3.8, 4) is 0 Å². The van der Waals surface area contributed by atoms with E-state index in [9.17, 15) is 24.9 Å². The predicted molar refractivity (Wildman–Crippen MR) is 91.6 cm³/mol. The van der Waals surface area contributed by atoms with Crippen molar-refractivity contribution in [2.75, 3.05) is 13.7 Å². The van der Waals surface area contributed by atoms with E-state index >= 15 is 0 Å². The van der Waals surface area contributed by atoms with Crippen LogP contribution in [0.1, 0.15) is 33.1 Å². The molecule has 0 radical (unpaired) electrons. The van der Waals surface area contributed by atoms with Crippen molar-refractivity contribution >= 4 is 11.8 Å².